The molecule has 6 atom stereocenters. The quantitative estimate of drug-likeness (QED) is 0.0186. The lowest BCUT2D eigenvalue weighted by Gasteiger charge is -2.29. The summed E-state index contributed by atoms with van der Waals surface area (Å²) in [6.07, 6.45) is 20.7. The number of methoxy groups -OCH3 is 3. The number of nitrogens with one attached hydrogen (secondary N) is 1. The zero-order valence-corrected chi connectivity index (χ0v) is 62.3. The number of phenolic OH excluding ortho intramolecular Hbond substituents is 2. The molecule has 2 heterocycles. The van der Waals surface area contributed by atoms with E-state index in [4.69, 9.17) is 47.6 Å². The maximum absolute atomic E-state index is 14.3. The minimum atomic E-state index is -0.682. The van der Waals surface area contributed by atoms with Crippen LogP contribution in [0.25, 0.3) is 11.1 Å². The van der Waals surface area contributed by atoms with Gasteiger partial charge in [0, 0.05) is 87.9 Å². The normalized spacial score (nSPS) is 17.0. The van der Waals surface area contributed by atoms with Crippen LogP contribution in [-0.4, -0.2) is 156 Å². The van der Waals surface area contributed by atoms with E-state index in [1.165, 1.54) is 23.3 Å². The number of ketones is 4. The number of phenols is 2. The second-order valence-electron chi connectivity index (χ2n) is 28.1. The molecular weight excluding hydrogens is 1330 g/mol. The summed E-state index contributed by atoms with van der Waals surface area (Å²) < 4.78 is 51.9. The number of hydrogen-bond donors (Lipinski definition) is 3. The fourth-order valence-electron chi connectivity index (χ4n) is 13.9. The number of rotatable bonds is 44. The van der Waals surface area contributed by atoms with E-state index in [-0.39, 0.29) is 109 Å². The average Bonchev–Trinajstić information content (AvgIpc) is 1.67. The Morgan fingerprint density at radius 3 is 1.92 bits per heavy atom. The summed E-state index contributed by atoms with van der Waals surface area (Å²) in [6.45, 7) is 11.5. The number of aliphatic imine (C=N–C) groups is 1. The van der Waals surface area contributed by atoms with Crippen molar-refractivity contribution in [3.63, 3.8) is 0 Å². The Balaban J connectivity index is 0.620. The van der Waals surface area contributed by atoms with Crippen LogP contribution >= 0.6 is 0 Å². The fraction of sp³-hybridized carbons (Fsp3) is 0.494. The Morgan fingerprint density at radius 1 is 0.600 bits per heavy atom. The molecule has 9 rings (SSSR count). The van der Waals surface area contributed by atoms with E-state index in [0.29, 0.717) is 156 Å². The van der Waals surface area contributed by atoms with Crippen LogP contribution in [-0.2, 0) is 51.0 Å². The zero-order valence-electron chi connectivity index (χ0n) is 62.3. The van der Waals surface area contributed by atoms with Crippen molar-refractivity contribution in [2.45, 2.75) is 161 Å². The largest absolute Gasteiger partial charge is 0.508 e. The van der Waals surface area contributed by atoms with Gasteiger partial charge >= 0.3 is 0 Å². The van der Waals surface area contributed by atoms with Gasteiger partial charge in [0.15, 0.2) is 34.6 Å². The summed E-state index contributed by atoms with van der Waals surface area (Å²) >= 11 is 0. The number of hydrogen-bond acceptors (Lipinski definition) is 18. The smallest absolute Gasteiger partial charge is 0.260 e. The first-order valence-corrected chi connectivity index (χ1v) is 37.5. The van der Waals surface area contributed by atoms with Crippen LogP contribution in [0.15, 0.2) is 120 Å². The van der Waals surface area contributed by atoms with E-state index >= 15 is 0 Å². The van der Waals surface area contributed by atoms with E-state index in [0.717, 1.165) is 66.5 Å². The summed E-state index contributed by atoms with van der Waals surface area (Å²) in [5.74, 6) is 2.90. The summed E-state index contributed by atoms with van der Waals surface area (Å²) in [4.78, 5) is 86.8. The first-order valence-electron chi connectivity index (χ1n) is 37.5. The van der Waals surface area contributed by atoms with E-state index in [2.05, 4.69) is 66.9 Å². The third-order valence-corrected chi connectivity index (χ3v) is 20.3. The molecule has 2 aliphatic heterocycles. The predicted molar refractivity (Wildman–Crippen MR) is 405 cm³/mol. The molecule has 0 aromatic heterocycles. The highest BCUT2D eigenvalue weighted by Gasteiger charge is 2.35. The Morgan fingerprint density at radius 2 is 1.24 bits per heavy atom. The molecule has 5 aromatic carbocycles. The molecule has 0 saturated carbocycles. The highest BCUT2D eigenvalue weighted by Crippen LogP contribution is 2.43. The molecule has 0 fully saturated rings. The van der Waals surface area contributed by atoms with Gasteiger partial charge in [-0.25, -0.2) is 0 Å². The number of carbonyl (C=O) groups excluding carboxylic acids is 6. The molecule has 20 nitrogen and oxygen atoms in total. The number of nitrogens with zero attached hydrogens (tertiary/aromatic N) is 2. The lowest BCUT2D eigenvalue weighted by molar-refractivity contribution is -0.131. The van der Waals surface area contributed by atoms with Crippen molar-refractivity contribution in [2.24, 2.45) is 28.7 Å². The van der Waals surface area contributed by atoms with Crippen LogP contribution in [0.2, 0.25) is 0 Å². The molecule has 0 radical (unpaired) electrons. The van der Waals surface area contributed by atoms with Crippen molar-refractivity contribution >= 4 is 58.0 Å². The molecule has 0 bridgehead atoms. The molecule has 0 saturated heterocycles. The van der Waals surface area contributed by atoms with E-state index in [9.17, 15) is 39.0 Å². The predicted octanol–water partition coefficient (Wildman–Crippen LogP) is 14.9. The standard InChI is InChI=1S/C85H107N3O17/c1-56(2)73(32-28-70(90)35-39-101-41-43-103-45-44-102-42-40-100-36-11-10-18-69(89)17-9-8-14-66-48-71(91)29-34-78(66)93)84(95)87-58(4)77(92)33-19-57(3)59-20-22-61(23-21-59)67-47-68-54-86-76-53-83(81(99-7)52-75(76)85(96)88(68)55-67)105-38-13-37-104-82-50-65-16-12-15-62-46-63(60-26-30-72(97-5)31-27-60)24-25-64(62)49-79(94)74(65)51-80(82)98-6/h12,15,20-24,26-27,29-31,34,48,50-58,62,64,68,73,91,93H,8-11,13-14,16-19,25,28,32-33,35-47,49H2,1-7H3,(H,87,95). The summed E-state index contributed by atoms with van der Waals surface area (Å²) in [5.41, 5.74) is 8.64. The Hall–Kier alpha value is -8.95. The Bertz CT molecular complexity index is 3860. The zero-order chi connectivity index (χ0) is 74.6. The maximum Gasteiger partial charge on any atom is 0.260 e. The second-order valence-corrected chi connectivity index (χ2v) is 28.1. The lowest BCUT2D eigenvalue weighted by atomic mass is 9.75. The molecule has 4 aliphatic rings. The number of unbranched alkanes of at least 4 members (excludes halogenated alkanes) is 2. The summed E-state index contributed by atoms with van der Waals surface area (Å²) in [6, 6.07) is 27.1. The van der Waals surface area contributed by atoms with Crippen LogP contribution in [0.4, 0.5) is 5.69 Å². The van der Waals surface area contributed by atoms with Gasteiger partial charge in [-0.2, -0.15) is 0 Å². The first-order chi connectivity index (χ1) is 50.9. The third-order valence-electron chi connectivity index (χ3n) is 20.3. The van der Waals surface area contributed by atoms with Crippen molar-refractivity contribution in [1.82, 2.24) is 10.2 Å². The van der Waals surface area contributed by atoms with E-state index in [1.807, 2.05) is 50.5 Å². The summed E-state index contributed by atoms with van der Waals surface area (Å²) in [7, 11) is 4.79. The Labute approximate surface area is 618 Å². The number of fused-ring (bicyclic) bond motifs is 4. The van der Waals surface area contributed by atoms with Crippen LogP contribution < -0.4 is 29.0 Å². The second kappa shape index (κ2) is 41.1. The average molecular weight is 1440 g/mol. The molecule has 6 unspecified atom stereocenters. The van der Waals surface area contributed by atoms with Gasteiger partial charge in [-0.3, -0.25) is 33.8 Å². The highest BCUT2D eigenvalue weighted by molar-refractivity contribution is 6.05. The van der Waals surface area contributed by atoms with Crippen LogP contribution in [0.5, 0.6) is 40.2 Å². The van der Waals surface area contributed by atoms with Crippen LogP contribution in [0.1, 0.15) is 185 Å². The molecule has 2 aliphatic carbocycles. The van der Waals surface area contributed by atoms with Gasteiger partial charge in [-0.05, 0) is 182 Å². The number of aromatic hydroxyl groups is 2. The van der Waals surface area contributed by atoms with Gasteiger partial charge in [0.25, 0.3) is 5.91 Å². The van der Waals surface area contributed by atoms with Gasteiger partial charge < -0.3 is 63.1 Å². The number of ether oxygens (including phenoxy) is 9. The first kappa shape index (κ1) is 80.2. The molecule has 2 amide bonds. The molecule has 20 heteroatoms. The van der Waals surface area contributed by atoms with Crippen LogP contribution in [0, 0.1) is 23.7 Å². The molecular formula is C85H107N3O17. The monoisotopic (exact) mass is 1440 g/mol. The maximum atomic E-state index is 14.3. The number of benzene rings is 5. The lowest BCUT2D eigenvalue weighted by Crippen LogP contribution is -2.43. The van der Waals surface area contributed by atoms with Crippen molar-refractivity contribution in [1.29, 1.82) is 0 Å². The fourth-order valence-corrected chi connectivity index (χ4v) is 13.9. The number of carbonyl (C=O) groups is 6. The third kappa shape index (κ3) is 23.8. The molecule has 0 spiro atoms. The van der Waals surface area contributed by atoms with Crippen LogP contribution in [0.3, 0.4) is 0 Å². The molecule has 3 N–H and O–H groups in total. The van der Waals surface area contributed by atoms with Gasteiger partial charge in [0.2, 0.25) is 5.91 Å². The Kier molecular flexibility index (Phi) is 31.4. The minimum Gasteiger partial charge on any atom is -0.508 e. The van der Waals surface area contributed by atoms with Gasteiger partial charge in [0.1, 0.15) is 28.8 Å². The summed E-state index contributed by atoms with van der Waals surface area (Å²) in [5, 5.41) is 22.4. The van der Waals surface area contributed by atoms with Crippen molar-refractivity contribution in [3.05, 3.63) is 154 Å². The molecule has 5 aromatic rings. The number of aryl methyl sites for hydroxylation is 1. The van der Waals surface area contributed by atoms with Gasteiger partial charge in [-0.15, -0.1) is 0 Å². The SMILES string of the molecule is COc1ccc(C2=CCC3CC(=O)c4cc(OC)c(OCCCOc5cc6c(cc5OC)C(=O)N5C=C(c7ccc(C(C)CCC(=O)C(C)NC(=O)C(CCC(=O)CCOCCOCCOCCOCCCCC(=O)CCCCc8cc(O)ccc8O)C(C)C)cc7)CC5C=N6)cc4CC=CC3C2)cc1. The number of allylic oxidation sites excluding steroid dienone is 4. The van der Waals surface area contributed by atoms with E-state index < -0.39 is 12.0 Å². The topological polar surface area (TPSA) is 254 Å². The van der Waals surface area contributed by atoms with Crippen molar-refractivity contribution < 1.29 is 81.6 Å². The highest BCUT2D eigenvalue weighted by atomic mass is 16.6. The van der Waals surface area contributed by atoms with Gasteiger partial charge in [-0.1, -0.05) is 75.4 Å². The molecule has 105 heavy (non-hydrogen) atoms. The molecule has 564 valence electrons. The van der Waals surface area contributed by atoms with E-state index in [1.54, 1.807) is 51.4 Å². The number of Topliss-reactive ketones (excluding diaryl/α,β-unsaturated/α-hetero) is 4. The number of amides is 2. The van der Waals surface area contributed by atoms with Gasteiger partial charge in [0.05, 0.1) is 104 Å². The minimum absolute atomic E-state index is 0.00483. The van der Waals surface area contributed by atoms with Crippen molar-refractivity contribution in [2.75, 3.05) is 87.4 Å². The van der Waals surface area contributed by atoms with Crippen molar-refractivity contribution in [3.8, 4) is 40.2 Å².